The second-order valence-electron chi connectivity index (χ2n) is 4.22. The number of benzene rings is 1. The normalized spacial score (nSPS) is 10.2. The Labute approximate surface area is 110 Å². The van der Waals surface area contributed by atoms with E-state index in [-0.39, 0.29) is 5.69 Å². The first-order valence-electron chi connectivity index (χ1n) is 5.62. The van der Waals surface area contributed by atoms with Gasteiger partial charge in [0.1, 0.15) is 5.75 Å². The number of anilines is 1. The van der Waals surface area contributed by atoms with Crippen LogP contribution in [0.5, 0.6) is 11.6 Å². The molecule has 0 aliphatic carbocycles. The molecule has 6 nitrogen and oxygen atoms in total. The van der Waals surface area contributed by atoms with Gasteiger partial charge in [-0.2, -0.15) is 0 Å². The van der Waals surface area contributed by atoms with Crippen LogP contribution in [0.25, 0.3) is 0 Å². The van der Waals surface area contributed by atoms with Crippen LogP contribution in [-0.4, -0.2) is 9.91 Å². The zero-order valence-corrected chi connectivity index (χ0v) is 10.6. The summed E-state index contributed by atoms with van der Waals surface area (Å²) in [5, 5.41) is 10.6. The monoisotopic (exact) mass is 259 g/mol. The van der Waals surface area contributed by atoms with Gasteiger partial charge in [-0.1, -0.05) is 0 Å². The zero-order chi connectivity index (χ0) is 14.0. The molecule has 0 unspecified atom stereocenters. The molecule has 0 aliphatic rings. The molecule has 2 aromatic rings. The van der Waals surface area contributed by atoms with Gasteiger partial charge in [0, 0.05) is 18.3 Å². The maximum absolute atomic E-state index is 10.6. The lowest BCUT2D eigenvalue weighted by Gasteiger charge is -2.09. The third-order valence-corrected chi connectivity index (χ3v) is 2.59. The Morgan fingerprint density at radius 3 is 2.63 bits per heavy atom. The second-order valence-corrected chi connectivity index (χ2v) is 4.22. The highest BCUT2D eigenvalue weighted by molar-refractivity contribution is 5.52. The van der Waals surface area contributed by atoms with E-state index in [2.05, 4.69) is 4.98 Å². The number of nitro benzene ring substituents is 1. The molecule has 19 heavy (non-hydrogen) atoms. The van der Waals surface area contributed by atoms with Crippen molar-refractivity contribution in [3.8, 4) is 11.6 Å². The van der Waals surface area contributed by atoms with Crippen molar-refractivity contribution in [3.05, 3.63) is 51.7 Å². The number of nitrogens with two attached hydrogens (primary N) is 1. The summed E-state index contributed by atoms with van der Waals surface area (Å²) in [6, 6.07) is 6.12. The van der Waals surface area contributed by atoms with Crippen LogP contribution in [0.2, 0.25) is 0 Å². The minimum absolute atomic E-state index is 0.0229. The Hall–Kier alpha value is -2.63. The van der Waals surface area contributed by atoms with Crippen LogP contribution in [0, 0.1) is 24.0 Å². The molecule has 2 N–H and O–H groups in total. The van der Waals surface area contributed by atoms with Crippen molar-refractivity contribution < 1.29 is 9.66 Å². The number of rotatable bonds is 3. The lowest BCUT2D eigenvalue weighted by molar-refractivity contribution is -0.384. The lowest BCUT2D eigenvalue weighted by atomic mass is 10.2. The number of aryl methyl sites for hydroxylation is 2. The van der Waals surface area contributed by atoms with Gasteiger partial charge in [-0.05, 0) is 37.1 Å². The number of non-ortho nitro benzene ring substituents is 1. The summed E-state index contributed by atoms with van der Waals surface area (Å²) < 4.78 is 5.57. The molecule has 0 amide bonds. The number of nitro groups is 1. The topological polar surface area (TPSA) is 91.3 Å². The number of pyridine rings is 1. The largest absolute Gasteiger partial charge is 0.437 e. The van der Waals surface area contributed by atoms with Gasteiger partial charge in [0.05, 0.1) is 10.6 Å². The first-order chi connectivity index (χ1) is 8.97. The van der Waals surface area contributed by atoms with E-state index in [1.165, 1.54) is 18.2 Å². The van der Waals surface area contributed by atoms with E-state index in [1.54, 1.807) is 19.2 Å². The SMILES string of the molecule is Cc1cnc(Oc2ccc([N+](=O)[O-])cc2C)c(N)c1. The van der Waals surface area contributed by atoms with Crippen LogP contribution < -0.4 is 10.5 Å². The number of hydrogen-bond donors (Lipinski definition) is 1. The van der Waals surface area contributed by atoms with E-state index in [0.29, 0.717) is 22.9 Å². The molecule has 1 aromatic heterocycles. The van der Waals surface area contributed by atoms with Gasteiger partial charge < -0.3 is 10.5 Å². The molecule has 0 atom stereocenters. The molecule has 0 bridgehead atoms. The quantitative estimate of drug-likeness (QED) is 0.675. The fourth-order valence-electron chi connectivity index (χ4n) is 1.63. The van der Waals surface area contributed by atoms with Crippen molar-refractivity contribution in [1.82, 2.24) is 4.98 Å². The number of ether oxygens (including phenoxy) is 1. The van der Waals surface area contributed by atoms with Gasteiger partial charge >= 0.3 is 0 Å². The van der Waals surface area contributed by atoms with E-state index in [9.17, 15) is 10.1 Å². The number of aromatic nitrogens is 1. The predicted octanol–water partition coefficient (Wildman–Crippen LogP) is 2.98. The van der Waals surface area contributed by atoms with E-state index in [4.69, 9.17) is 10.5 Å². The third-order valence-electron chi connectivity index (χ3n) is 2.59. The van der Waals surface area contributed by atoms with E-state index < -0.39 is 4.92 Å². The lowest BCUT2D eigenvalue weighted by Crippen LogP contribution is -1.97. The summed E-state index contributed by atoms with van der Waals surface area (Å²) in [7, 11) is 0. The highest BCUT2D eigenvalue weighted by Gasteiger charge is 2.11. The fraction of sp³-hybridized carbons (Fsp3) is 0.154. The molecule has 0 saturated carbocycles. The Morgan fingerprint density at radius 2 is 2.05 bits per heavy atom. The van der Waals surface area contributed by atoms with Crippen molar-refractivity contribution in [1.29, 1.82) is 0 Å². The van der Waals surface area contributed by atoms with Crippen molar-refractivity contribution in [2.75, 3.05) is 5.73 Å². The zero-order valence-electron chi connectivity index (χ0n) is 10.6. The number of nitrogens with zero attached hydrogens (tertiary/aromatic N) is 2. The van der Waals surface area contributed by atoms with E-state index in [1.807, 2.05) is 6.92 Å². The van der Waals surface area contributed by atoms with Crippen LogP contribution in [0.3, 0.4) is 0 Å². The molecular formula is C13H13N3O3. The highest BCUT2D eigenvalue weighted by atomic mass is 16.6. The molecule has 0 saturated heterocycles. The second kappa shape index (κ2) is 4.93. The fourth-order valence-corrected chi connectivity index (χ4v) is 1.63. The average Bonchev–Trinajstić information content (AvgIpc) is 2.34. The van der Waals surface area contributed by atoms with Gasteiger partial charge in [-0.25, -0.2) is 4.98 Å². The van der Waals surface area contributed by atoms with Gasteiger partial charge in [-0.3, -0.25) is 10.1 Å². The highest BCUT2D eigenvalue weighted by Crippen LogP contribution is 2.30. The number of hydrogen-bond acceptors (Lipinski definition) is 5. The molecule has 1 heterocycles. The van der Waals surface area contributed by atoms with Crippen molar-refractivity contribution in [2.45, 2.75) is 13.8 Å². The van der Waals surface area contributed by atoms with Gasteiger partial charge in [0.15, 0.2) is 0 Å². The van der Waals surface area contributed by atoms with Gasteiger partial charge in [-0.15, -0.1) is 0 Å². The smallest absolute Gasteiger partial charge is 0.269 e. The average molecular weight is 259 g/mol. The maximum atomic E-state index is 10.6. The predicted molar refractivity (Wildman–Crippen MR) is 71.3 cm³/mol. The standard InChI is InChI=1S/C13H13N3O3/c1-8-5-11(14)13(15-7-8)19-12-4-3-10(16(17)18)6-9(12)2/h3-7H,14H2,1-2H3. The number of nitrogen functional groups attached to an aromatic ring is 1. The molecule has 1 aromatic carbocycles. The van der Waals surface area contributed by atoms with Crippen molar-refractivity contribution in [2.24, 2.45) is 0 Å². The Balaban J connectivity index is 2.31. The Morgan fingerprint density at radius 1 is 1.32 bits per heavy atom. The van der Waals surface area contributed by atoms with Crippen LogP contribution in [0.15, 0.2) is 30.5 Å². The van der Waals surface area contributed by atoms with Crippen molar-refractivity contribution in [3.63, 3.8) is 0 Å². The molecule has 0 radical (unpaired) electrons. The molecule has 98 valence electrons. The van der Waals surface area contributed by atoms with Gasteiger partial charge in [0.2, 0.25) is 5.88 Å². The summed E-state index contributed by atoms with van der Waals surface area (Å²) in [6.07, 6.45) is 1.65. The summed E-state index contributed by atoms with van der Waals surface area (Å²) >= 11 is 0. The minimum Gasteiger partial charge on any atom is -0.437 e. The van der Waals surface area contributed by atoms with Crippen LogP contribution in [-0.2, 0) is 0 Å². The van der Waals surface area contributed by atoms with E-state index in [0.717, 1.165) is 5.56 Å². The van der Waals surface area contributed by atoms with Crippen molar-refractivity contribution >= 4 is 11.4 Å². The Kier molecular flexibility index (Phi) is 3.33. The summed E-state index contributed by atoms with van der Waals surface area (Å²) in [5.41, 5.74) is 7.84. The minimum atomic E-state index is -0.449. The van der Waals surface area contributed by atoms with E-state index >= 15 is 0 Å². The van der Waals surface area contributed by atoms with Crippen LogP contribution >= 0.6 is 0 Å². The first kappa shape index (κ1) is 12.8. The molecule has 0 fully saturated rings. The molecular weight excluding hydrogens is 246 g/mol. The van der Waals surface area contributed by atoms with Crippen LogP contribution in [0.4, 0.5) is 11.4 Å². The van der Waals surface area contributed by atoms with Gasteiger partial charge in [0.25, 0.3) is 5.69 Å². The first-order valence-corrected chi connectivity index (χ1v) is 5.62. The summed E-state index contributed by atoms with van der Waals surface area (Å²) in [6.45, 7) is 3.61. The Bertz CT molecular complexity index is 641. The molecule has 0 aliphatic heterocycles. The summed E-state index contributed by atoms with van der Waals surface area (Å²) in [4.78, 5) is 14.3. The van der Waals surface area contributed by atoms with Crippen LogP contribution in [0.1, 0.15) is 11.1 Å². The third kappa shape index (κ3) is 2.79. The maximum Gasteiger partial charge on any atom is 0.269 e. The molecule has 6 heteroatoms. The molecule has 2 rings (SSSR count). The molecule has 0 spiro atoms. The summed E-state index contributed by atoms with van der Waals surface area (Å²) in [5.74, 6) is 0.788.